The second-order valence-corrected chi connectivity index (χ2v) is 7.88. The molecule has 0 atom stereocenters. The molecule has 130 valence electrons. The van der Waals surface area contributed by atoms with Crippen molar-refractivity contribution >= 4 is 0 Å². The van der Waals surface area contributed by atoms with Gasteiger partial charge in [-0.1, -0.05) is 45.4 Å². The van der Waals surface area contributed by atoms with Crippen molar-refractivity contribution in [1.82, 2.24) is 0 Å². The summed E-state index contributed by atoms with van der Waals surface area (Å²) in [6, 6.07) is 0. The first kappa shape index (κ1) is 18.1. The molecule has 2 rings (SSSR count). The average molecular weight is 318 g/mol. The molecular formula is C19H33F3. The molecule has 0 N–H and O–H groups in total. The Hall–Kier alpha value is -0.210. The van der Waals surface area contributed by atoms with E-state index in [9.17, 15) is 13.2 Å². The summed E-state index contributed by atoms with van der Waals surface area (Å²) in [4.78, 5) is 0. The molecule has 2 aliphatic carbocycles. The van der Waals surface area contributed by atoms with Crippen molar-refractivity contribution in [2.45, 2.75) is 96.6 Å². The van der Waals surface area contributed by atoms with Crippen LogP contribution in [-0.4, -0.2) is 6.18 Å². The van der Waals surface area contributed by atoms with Gasteiger partial charge < -0.3 is 0 Å². The fourth-order valence-electron chi connectivity index (χ4n) is 4.82. The van der Waals surface area contributed by atoms with Crippen molar-refractivity contribution in [3.63, 3.8) is 0 Å². The van der Waals surface area contributed by atoms with Crippen LogP contribution in [0.5, 0.6) is 0 Å². The average Bonchev–Trinajstić information content (AvgIpc) is 2.48. The number of alkyl halides is 3. The van der Waals surface area contributed by atoms with Crippen LogP contribution in [0.1, 0.15) is 90.4 Å². The van der Waals surface area contributed by atoms with Crippen LogP contribution in [-0.2, 0) is 0 Å². The molecule has 0 amide bonds. The third-order valence-corrected chi connectivity index (χ3v) is 6.19. The summed E-state index contributed by atoms with van der Waals surface area (Å²) in [7, 11) is 0. The second-order valence-electron chi connectivity index (χ2n) is 7.88. The molecule has 2 fully saturated rings. The number of unbranched alkanes of at least 4 members (excludes halogenated alkanes) is 2. The Labute approximate surface area is 134 Å². The minimum Gasteiger partial charge on any atom is -0.171 e. The first-order valence-electron chi connectivity index (χ1n) is 9.54. The monoisotopic (exact) mass is 318 g/mol. The molecule has 0 aliphatic heterocycles. The van der Waals surface area contributed by atoms with E-state index in [4.69, 9.17) is 0 Å². The predicted molar refractivity (Wildman–Crippen MR) is 85.7 cm³/mol. The van der Waals surface area contributed by atoms with Crippen LogP contribution >= 0.6 is 0 Å². The highest BCUT2D eigenvalue weighted by Gasteiger charge is 2.36. The lowest BCUT2D eigenvalue weighted by atomic mass is 9.68. The van der Waals surface area contributed by atoms with Gasteiger partial charge in [0, 0.05) is 6.42 Å². The minimum atomic E-state index is -3.96. The van der Waals surface area contributed by atoms with Crippen LogP contribution in [0, 0.1) is 23.7 Å². The molecule has 2 saturated carbocycles. The maximum Gasteiger partial charge on any atom is 0.389 e. The smallest absolute Gasteiger partial charge is 0.171 e. The molecule has 0 saturated heterocycles. The van der Waals surface area contributed by atoms with Crippen LogP contribution in [0.2, 0.25) is 0 Å². The molecule has 0 aromatic carbocycles. The highest BCUT2D eigenvalue weighted by atomic mass is 19.4. The third kappa shape index (κ3) is 6.12. The van der Waals surface area contributed by atoms with Gasteiger partial charge in [-0.2, -0.15) is 13.2 Å². The summed E-state index contributed by atoms with van der Waals surface area (Å²) in [5.74, 6) is 2.38. The Morgan fingerprint density at radius 2 is 1.23 bits per heavy atom. The Kier molecular flexibility index (Phi) is 7.08. The molecule has 22 heavy (non-hydrogen) atoms. The lowest BCUT2D eigenvalue weighted by Crippen LogP contribution is -2.27. The maximum atomic E-state index is 12.5. The van der Waals surface area contributed by atoms with Gasteiger partial charge in [0.2, 0.25) is 0 Å². The van der Waals surface area contributed by atoms with Gasteiger partial charge in [0.15, 0.2) is 0 Å². The maximum absolute atomic E-state index is 12.5. The first-order valence-corrected chi connectivity index (χ1v) is 9.54. The van der Waals surface area contributed by atoms with Crippen molar-refractivity contribution in [2.75, 3.05) is 0 Å². The van der Waals surface area contributed by atoms with E-state index in [0.29, 0.717) is 0 Å². The second kappa shape index (κ2) is 8.59. The lowest BCUT2D eigenvalue weighted by Gasteiger charge is -2.38. The van der Waals surface area contributed by atoms with Gasteiger partial charge in [-0.3, -0.25) is 0 Å². The zero-order chi connectivity index (χ0) is 16.0. The Bertz CT molecular complexity index is 294. The number of halogens is 3. The molecule has 0 spiro atoms. The third-order valence-electron chi connectivity index (χ3n) is 6.19. The van der Waals surface area contributed by atoms with Crippen LogP contribution in [0.3, 0.4) is 0 Å². The van der Waals surface area contributed by atoms with Crippen LogP contribution in [0.25, 0.3) is 0 Å². The Morgan fingerprint density at radius 1 is 0.727 bits per heavy atom. The van der Waals surface area contributed by atoms with Gasteiger partial charge in [-0.05, 0) is 62.2 Å². The van der Waals surface area contributed by atoms with Gasteiger partial charge in [-0.25, -0.2) is 0 Å². The molecule has 2 aliphatic rings. The van der Waals surface area contributed by atoms with Crippen molar-refractivity contribution in [2.24, 2.45) is 23.7 Å². The Morgan fingerprint density at radius 3 is 1.68 bits per heavy atom. The van der Waals surface area contributed by atoms with Gasteiger partial charge in [-0.15, -0.1) is 0 Å². The molecule has 0 radical (unpaired) electrons. The van der Waals surface area contributed by atoms with E-state index < -0.39 is 12.6 Å². The summed E-state index contributed by atoms with van der Waals surface area (Å²) in [5.41, 5.74) is 0. The van der Waals surface area contributed by atoms with E-state index in [2.05, 4.69) is 6.92 Å². The van der Waals surface area contributed by atoms with E-state index in [1.165, 1.54) is 51.4 Å². The molecule has 0 bridgehead atoms. The fraction of sp³-hybridized carbons (Fsp3) is 1.00. The van der Waals surface area contributed by atoms with Gasteiger partial charge in [0.25, 0.3) is 0 Å². The quantitative estimate of drug-likeness (QED) is 0.457. The molecule has 0 unspecified atom stereocenters. The zero-order valence-corrected chi connectivity index (χ0v) is 14.1. The van der Waals surface area contributed by atoms with Gasteiger partial charge in [0.1, 0.15) is 0 Å². The SMILES string of the molecule is CCCCC[C@H]1CC[C@H]([C@H]2CC[C@H](CC(F)(F)F)CC2)CC1. The van der Waals surface area contributed by atoms with Crippen LogP contribution < -0.4 is 0 Å². The highest BCUT2D eigenvalue weighted by Crippen LogP contribution is 2.44. The standard InChI is InChI=1S/C19H33F3/c1-2-3-4-5-15-6-10-17(11-7-15)18-12-8-16(9-13-18)14-19(20,21)22/h15-18H,2-14H2,1H3/t15-,16-,17-,18-. The zero-order valence-electron chi connectivity index (χ0n) is 14.1. The number of hydrogen-bond acceptors (Lipinski definition) is 0. The Balaban J connectivity index is 1.64. The van der Waals surface area contributed by atoms with E-state index in [-0.39, 0.29) is 5.92 Å². The molecule has 0 aromatic heterocycles. The van der Waals surface area contributed by atoms with E-state index in [1.807, 2.05) is 0 Å². The summed E-state index contributed by atoms with van der Waals surface area (Å²) in [6.07, 6.45) is 10.1. The number of hydrogen-bond donors (Lipinski definition) is 0. The van der Waals surface area contributed by atoms with Crippen molar-refractivity contribution in [1.29, 1.82) is 0 Å². The van der Waals surface area contributed by atoms with Gasteiger partial charge in [0.05, 0.1) is 0 Å². The molecule has 0 heterocycles. The van der Waals surface area contributed by atoms with Crippen LogP contribution in [0.15, 0.2) is 0 Å². The van der Waals surface area contributed by atoms with Crippen molar-refractivity contribution in [3.05, 3.63) is 0 Å². The molecule has 0 nitrogen and oxygen atoms in total. The highest BCUT2D eigenvalue weighted by molar-refractivity contribution is 4.82. The summed E-state index contributed by atoms with van der Waals surface area (Å²) in [5, 5.41) is 0. The van der Waals surface area contributed by atoms with E-state index in [1.54, 1.807) is 0 Å². The summed E-state index contributed by atoms with van der Waals surface area (Å²) < 4.78 is 37.4. The molecule has 3 heteroatoms. The largest absolute Gasteiger partial charge is 0.389 e. The molecule has 0 aromatic rings. The van der Waals surface area contributed by atoms with Crippen molar-refractivity contribution < 1.29 is 13.2 Å². The van der Waals surface area contributed by atoms with Gasteiger partial charge >= 0.3 is 6.18 Å². The van der Waals surface area contributed by atoms with E-state index >= 15 is 0 Å². The first-order chi connectivity index (χ1) is 10.5. The van der Waals surface area contributed by atoms with Crippen molar-refractivity contribution in [3.8, 4) is 0 Å². The number of rotatable bonds is 6. The molecular weight excluding hydrogens is 285 g/mol. The summed E-state index contributed by atoms with van der Waals surface area (Å²) >= 11 is 0. The minimum absolute atomic E-state index is 0.0957. The van der Waals surface area contributed by atoms with E-state index in [0.717, 1.165) is 43.4 Å². The van der Waals surface area contributed by atoms with Crippen LogP contribution in [0.4, 0.5) is 13.2 Å². The normalized spacial score (nSPS) is 33.8. The fourth-order valence-corrected chi connectivity index (χ4v) is 4.82. The topological polar surface area (TPSA) is 0 Å². The predicted octanol–water partition coefficient (Wildman–Crippen LogP) is 7.13. The summed E-state index contributed by atoms with van der Waals surface area (Å²) in [6.45, 7) is 2.26. The lowest BCUT2D eigenvalue weighted by molar-refractivity contribution is -0.147.